The number of halogens is 3. The van der Waals surface area contributed by atoms with E-state index in [1.807, 2.05) is 0 Å². The Hall–Kier alpha value is -3.53. The number of nitrogens with one attached hydrogen (secondary N) is 2. The first-order valence-electron chi connectivity index (χ1n) is 10.3. The normalized spacial score (nSPS) is 15.3. The zero-order chi connectivity index (χ0) is 25.1. The molecule has 1 unspecified atom stereocenters. The lowest BCUT2D eigenvalue weighted by molar-refractivity contribution is -0.124. The minimum Gasteiger partial charge on any atom is -0.326 e. The van der Waals surface area contributed by atoms with E-state index in [9.17, 15) is 18.8 Å². The monoisotopic (exact) mass is 530 g/mol. The van der Waals surface area contributed by atoms with Crippen molar-refractivity contribution in [3.8, 4) is 0 Å². The van der Waals surface area contributed by atoms with Gasteiger partial charge in [-0.2, -0.15) is 0 Å². The van der Waals surface area contributed by atoms with Crippen LogP contribution < -0.4 is 15.6 Å². The van der Waals surface area contributed by atoms with Crippen molar-refractivity contribution in [1.82, 2.24) is 10.4 Å². The van der Waals surface area contributed by atoms with Gasteiger partial charge in [-0.05, 0) is 85.0 Å². The number of benzene rings is 3. The van der Waals surface area contributed by atoms with Crippen molar-refractivity contribution >= 4 is 69.6 Å². The smallest absolute Gasteiger partial charge is 0.269 e. The second-order valence-electron chi connectivity index (χ2n) is 7.53. The third kappa shape index (κ3) is 5.59. The number of nitrogens with zero attached hydrogens (tertiary/aromatic N) is 2. The van der Waals surface area contributed by atoms with Crippen LogP contribution in [0.1, 0.15) is 16.8 Å². The molecule has 1 heterocycles. The minimum atomic E-state index is -1.13. The Bertz CT molecular complexity index is 1290. The number of thiocarbonyl (C=S) groups is 1. The van der Waals surface area contributed by atoms with E-state index in [4.69, 9.17) is 35.4 Å². The van der Waals surface area contributed by atoms with E-state index < -0.39 is 29.6 Å². The van der Waals surface area contributed by atoms with E-state index in [2.05, 4.69) is 10.7 Å². The molecular formula is C24H17Cl2FN4O3S. The molecule has 0 aliphatic carbocycles. The summed E-state index contributed by atoms with van der Waals surface area (Å²) in [6.45, 7) is 0. The van der Waals surface area contributed by atoms with Crippen LogP contribution in [-0.4, -0.2) is 33.9 Å². The molecule has 1 fully saturated rings. The molecule has 35 heavy (non-hydrogen) atoms. The van der Waals surface area contributed by atoms with Gasteiger partial charge in [0, 0.05) is 21.3 Å². The van der Waals surface area contributed by atoms with Crippen LogP contribution >= 0.6 is 35.4 Å². The molecule has 0 bridgehead atoms. The number of carbonyl (C=O) groups is 3. The second kappa shape index (κ2) is 10.4. The summed E-state index contributed by atoms with van der Waals surface area (Å²) in [6, 6.07) is 16.6. The number of carbonyl (C=O) groups excluding carboxylic acids is 3. The van der Waals surface area contributed by atoms with Crippen LogP contribution in [0, 0.1) is 5.82 Å². The van der Waals surface area contributed by atoms with Crippen LogP contribution in [0.3, 0.4) is 0 Å². The Morgan fingerprint density at radius 3 is 2.09 bits per heavy atom. The SMILES string of the molecule is O=C(CC1C(=O)N(c2ccc(Cl)cc2)C(=S)N1NC(=O)c1ccc(Cl)cc1)Nc1ccc(F)cc1. The third-order valence-electron chi connectivity index (χ3n) is 5.13. The molecule has 3 aromatic rings. The van der Waals surface area contributed by atoms with E-state index in [0.29, 0.717) is 21.4 Å². The number of rotatable bonds is 6. The predicted molar refractivity (Wildman–Crippen MR) is 136 cm³/mol. The van der Waals surface area contributed by atoms with Crippen molar-refractivity contribution < 1.29 is 18.8 Å². The fourth-order valence-electron chi connectivity index (χ4n) is 3.42. The highest BCUT2D eigenvalue weighted by Gasteiger charge is 2.45. The first kappa shape index (κ1) is 24.6. The van der Waals surface area contributed by atoms with Gasteiger partial charge in [0.1, 0.15) is 11.9 Å². The van der Waals surface area contributed by atoms with Crippen LogP contribution in [-0.2, 0) is 9.59 Å². The summed E-state index contributed by atoms with van der Waals surface area (Å²) in [6.07, 6.45) is -0.332. The van der Waals surface area contributed by atoms with Crippen molar-refractivity contribution in [2.24, 2.45) is 0 Å². The predicted octanol–water partition coefficient (Wildman–Crippen LogP) is 4.81. The van der Waals surface area contributed by atoms with Gasteiger partial charge in [-0.15, -0.1) is 0 Å². The molecule has 1 saturated heterocycles. The van der Waals surface area contributed by atoms with Gasteiger partial charge in [0.05, 0.1) is 12.1 Å². The van der Waals surface area contributed by atoms with Crippen LogP contribution in [0.4, 0.5) is 15.8 Å². The number of hydrogen-bond donors (Lipinski definition) is 2. The maximum absolute atomic E-state index is 13.4. The van der Waals surface area contributed by atoms with Crippen molar-refractivity contribution in [1.29, 1.82) is 0 Å². The van der Waals surface area contributed by atoms with Gasteiger partial charge in [0.15, 0.2) is 0 Å². The Kier molecular flexibility index (Phi) is 7.30. The van der Waals surface area contributed by atoms with Gasteiger partial charge in [-0.25, -0.2) is 9.40 Å². The lowest BCUT2D eigenvalue weighted by atomic mass is 10.1. The molecule has 1 atom stereocenters. The van der Waals surface area contributed by atoms with Gasteiger partial charge in [0.2, 0.25) is 11.0 Å². The van der Waals surface area contributed by atoms with Crippen LogP contribution in [0.2, 0.25) is 10.0 Å². The average molecular weight is 531 g/mol. The lowest BCUT2D eigenvalue weighted by Crippen LogP contribution is -2.49. The molecule has 0 aromatic heterocycles. The quantitative estimate of drug-likeness (QED) is 0.447. The van der Waals surface area contributed by atoms with Crippen molar-refractivity contribution in [3.05, 3.63) is 94.2 Å². The molecule has 178 valence electrons. The second-order valence-corrected chi connectivity index (χ2v) is 8.76. The Balaban J connectivity index is 1.59. The fraction of sp³-hybridized carbons (Fsp3) is 0.0833. The largest absolute Gasteiger partial charge is 0.326 e. The fourth-order valence-corrected chi connectivity index (χ4v) is 4.04. The van der Waals surface area contributed by atoms with Crippen LogP contribution in [0.25, 0.3) is 0 Å². The molecule has 0 saturated carbocycles. The summed E-state index contributed by atoms with van der Waals surface area (Å²) in [5.41, 5.74) is 3.69. The van der Waals surface area contributed by atoms with E-state index >= 15 is 0 Å². The molecule has 3 aromatic carbocycles. The van der Waals surface area contributed by atoms with Gasteiger partial charge >= 0.3 is 0 Å². The van der Waals surface area contributed by atoms with Gasteiger partial charge in [-0.1, -0.05) is 23.2 Å². The maximum atomic E-state index is 13.4. The summed E-state index contributed by atoms with van der Waals surface area (Å²) in [4.78, 5) is 40.2. The number of hydrazine groups is 1. The summed E-state index contributed by atoms with van der Waals surface area (Å²) in [5.74, 6) is -2.03. The van der Waals surface area contributed by atoms with Crippen molar-refractivity contribution in [3.63, 3.8) is 0 Å². The summed E-state index contributed by atoms with van der Waals surface area (Å²) >= 11 is 17.4. The molecule has 0 spiro atoms. The van der Waals surface area contributed by atoms with Crippen molar-refractivity contribution in [2.75, 3.05) is 10.2 Å². The van der Waals surface area contributed by atoms with Crippen LogP contribution in [0.5, 0.6) is 0 Å². The third-order valence-corrected chi connectivity index (χ3v) is 6.02. The van der Waals surface area contributed by atoms with Gasteiger partial charge < -0.3 is 5.32 Å². The molecule has 3 amide bonds. The zero-order valence-electron chi connectivity index (χ0n) is 17.9. The van der Waals surface area contributed by atoms with E-state index in [1.165, 1.54) is 46.3 Å². The Morgan fingerprint density at radius 1 is 0.914 bits per heavy atom. The average Bonchev–Trinajstić information content (AvgIpc) is 3.05. The number of hydrogen-bond acceptors (Lipinski definition) is 4. The molecule has 4 rings (SSSR count). The standard InChI is InChI=1S/C24H17Cl2FN4O3S/c25-15-3-1-14(2-4-15)22(33)29-31-20(13-21(32)28-18-9-7-17(27)8-10-18)23(34)30(24(31)35)19-11-5-16(26)6-12-19/h1-12,20H,13H2,(H,28,32)(H,29,33). The minimum absolute atomic E-state index is 0.0146. The topological polar surface area (TPSA) is 81.8 Å². The van der Waals surface area contributed by atoms with E-state index in [0.717, 1.165) is 0 Å². The molecule has 2 N–H and O–H groups in total. The lowest BCUT2D eigenvalue weighted by Gasteiger charge is -2.24. The molecule has 1 aliphatic heterocycles. The highest BCUT2D eigenvalue weighted by Crippen LogP contribution is 2.27. The molecule has 0 radical (unpaired) electrons. The van der Waals surface area contributed by atoms with Crippen molar-refractivity contribution in [2.45, 2.75) is 12.5 Å². The van der Waals surface area contributed by atoms with Gasteiger partial charge in [-0.3, -0.25) is 24.7 Å². The Labute approximate surface area is 215 Å². The maximum Gasteiger partial charge on any atom is 0.269 e. The first-order valence-corrected chi connectivity index (χ1v) is 11.4. The number of amides is 3. The summed E-state index contributed by atoms with van der Waals surface area (Å²) in [7, 11) is 0. The summed E-state index contributed by atoms with van der Waals surface area (Å²) < 4.78 is 13.2. The highest BCUT2D eigenvalue weighted by atomic mass is 35.5. The van der Waals surface area contributed by atoms with E-state index in [1.54, 1.807) is 36.4 Å². The molecule has 7 nitrogen and oxygen atoms in total. The summed E-state index contributed by atoms with van der Waals surface area (Å²) in [5, 5.41) is 4.71. The number of anilines is 2. The zero-order valence-corrected chi connectivity index (χ0v) is 20.2. The van der Waals surface area contributed by atoms with Gasteiger partial charge in [0.25, 0.3) is 11.8 Å². The Morgan fingerprint density at radius 2 is 1.49 bits per heavy atom. The molecular weight excluding hydrogens is 514 g/mol. The first-order chi connectivity index (χ1) is 16.7. The highest BCUT2D eigenvalue weighted by molar-refractivity contribution is 7.80. The van der Waals surface area contributed by atoms with E-state index in [-0.39, 0.29) is 17.1 Å². The molecule has 11 heteroatoms. The van der Waals surface area contributed by atoms with Crippen LogP contribution in [0.15, 0.2) is 72.8 Å². The molecule has 1 aliphatic rings.